The first-order valence-electron chi connectivity index (χ1n) is 5.28. The van der Waals surface area contributed by atoms with Crippen LogP contribution in [0.1, 0.15) is 20.8 Å². The van der Waals surface area contributed by atoms with Crippen molar-refractivity contribution in [3.05, 3.63) is 17.3 Å². The maximum atomic E-state index is 12.2. The fourth-order valence-electron chi connectivity index (χ4n) is 1.09. The Morgan fingerprint density at radius 3 is 2.63 bits per heavy atom. The number of nitrogens with zero attached hydrogens (tertiary/aromatic N) is 1. The van der Waals surface area contributed by atoms with Crippen molar-refractivity contribution in [2.24, 2.45) is 0 Å². The van der Waals surface area contributed by atoms with Gasteiger partial charge in [0.05, 0.1) is 5.02 Å². The average molecular weight is 295 g/mol. The Kier molecular flexibility index (Phi) is 4.88. The van der Waals surface area contributed by atoms with Crippen molar-refractivity contribution < 1.29 is 23.0 Å². The first-order chi connectivity index (χ1) is 8.67. The number of pyridine rings is 1. The summed E-state index contributed by atoms with van der Waals surface area (Å²) < 4.78 is 33.3. The number of hydrogen-bond acceptors (Lipinski definition) is 4. The number of carbonyl (C=O) groups excluding carboxylic acids is 1. The third-order valence-corrected chi connectivity index (χ3v) is 1.87. The molecule has 0 unspecified atom stereocenters. The molecule has 0 radical (unpaired) electrons. The molecule has 0 fully saturated rings. The van der Waals surface area contributed by atoms with E-state index in [1.54, 1.807) is 20.8 Å². The summed E-state index contributed by atoms with van der Waals surface area (Å²) in [5, 5.41) is 2.62. The van der Waals surface area contributed by atoms with E-state index in [9.17, 15) is 13.6 Å². The molecule has 106 valence electrons. The number of halogens is 3. The van der Waals surface area contributed by atoms with Gasteiger partial charge in [-0.25, -0.2) is 9.78 Å². The quantitative estimate of drug-likeness (QED) is 0.930. The van der Waals surface area contributed by atoms with E-state index in [0.717, 1.165) is 12.3 Å². The minimum Gasteiger partial charge on any atom is -0.413 e. The van der Waals surface area contributed by atoms with Crippen molar-refractivity contribution in [1.82, 2.24) is 10.3 Å². The number of hydrogen-bond donors (Lipinski definition) is 1. The summed E-state index contributed by atoms with van der Waals surface area (Å²) in [4.78, 5) is 15.1. The molecule has 1 aromatic rings. The normalized spacial score (nSPS) is 11.3. The summed E-state index contributed by atoms with van der Waals surface area (Å²) in [5.74, 6) is -0.794. The van der Waals surface area contributed by atoms with Crippen LogP contribution in [-0.4, -0.2) is 23.2 Å². The van der Waals surface area contributed by atoms with Crippen LogP contribution in [0.2, 0.25) is 5.02 Å². The molecule has 1 N–H and O–H groups in total. The summed E-state index contributed by atoms with van der Waals surface area (Å²) >= 11 is 5.65. The topological polar surface area (TPSA) is 60.5 Å². The lowest BCUT2D eigenvalue weighted by Crippen LogP contribution is -2.42. The van der Waals surface area contributed by atoms with Crippen LogP contribution in [-0.2, 0) is 0 Å². The number of ether oxygens (including phenoxy) is 2. The summed E-state index contributed by atoms with van der Waals surface area (Å²) in [7, 11) is 0. The van der Waals surface area contributed by atoms with Gasteiger partial charge in [0.25, 0.3) is 5.88 Å². The van der Waals surface area contributed by atoms with Gasteiger partial charge in [-0.1, -0.05) is 11.6 Å². The Morgan fingerprint density at radius 2 is 2.11 bits per heavy atom. The Balaban J connectivity index is 2.86. The van der Waals surface area contributed by atoms with Crippen molar-refractivity contribution in [3.63, 3.8) is 0 Å². The zero-order chi connectivity index (χ0) is 14.6. The van der Waals surface area contributed by atoms with Gasteiger partial charge in [0.1, 0.15) is 0 Å². The molecule has 1 aromatic heterocycles. The predicted molar refractivity (Wildman–Crippen MR) is 64.8 cm³/mol. The first-order valence-corrected chi connectivity index (χ1v) is 5.65. The summed E-state index contributed by atoms with van der Waals surface area (Å²) in [6.45, 7) is 2.13. The number of rotatable bonds is 3. The van der Waals surface area contributed by atoms with Crippen LogP contribution in [0.15, 0.2) is 12.3 Å². The molecule has 0 saturated carbocycles. The standard InChI is InChI=1S/C11H13ClF2N2O3/c1-11(2,3)16-10(17)18-7-4-6(12)5-15-8(7)19-9(13)14/h4-5,9H,1-3H3,(H,16,17). The molecule has 0 aliphatic carbocycles. The van der Waals surface area contributed by atoms with Crippen molar-refractivity contribution in [1.29, 1.82) is 0 Å². The molecular formula is C11H13ClF2N2O3. The molecule has 0 bridgehead atoms. The summed E-state index contributed by atoms with van der Waals surface area (Å²) in [6.07, 6.45) is 0.282. The monoisotopic (exact) mass is 294 g/mol. The minimum atomic E-state index is -3.08. The summed E-state index contributed by atoms with van der Waals surface area (Å²) in [6, 6.07) is 1.16. The van der Waals surface area contributed by atoms with Crippen LogP contribution < -0.4 is 14.8 Å². The summed E-state index contributed by atoms with van der Waals surface area (Å²) in [5.41, 5.74) is -0.535. The smallest absolute Gasteiger partial charge is 0.413 e. The highest BCUT2D eigenvalue weighted by molar-refractivity contribution is 6.30. The number of carbonyl (C=O) groups is 1. The molecule has 1 heterocycles. The third kappa shape index (κ3) is 5.69. The molecule has 0 aliphatic rings. The van der Waals surface area contributed by atoms with Crippen LogP contribution in [0.5, 0.6) is 11.6 Å². The highest BCUT2D eigenvalue weighted by atomic mass is 35.5. The SMILES string of the molecule is CC(C)(C)NC(=O)Oc1cc(Cl)cnc1OC(F)F. The molecule has 1 amide bonds. The van der Waals surface area contributed by atoms with Crippen LogP contribution in [0.3, 0.4) is 0 Å². The molecule has 5 nitrogen and oxygen atoms in total. The van der Waals surface area contributed by atoms with Crippen molar-refractivity contribution in [2.75, 3.05) is 0 Å². The van der Waals surface area contributed by atoms with Crippen molar-refractivity contribution >= 4 is 17.7 Å². The van der Waals surface area contributed by atoms with E-state index in [-0.39, 0.29) is 10.8 Å². The van der Waals surface area contributed by atoms with E-state index in [0.29, 0.717) is 0 Å². The number of alkyl halides is 2. The van der Waals surface area contributed by atoms with Crippen LogP contribution in [0, 0.1) is 0 Å². The second kappa shape index (κ2) is 6.01. The van der Waals surface area contributed by atoms with Gasteiger partial charge >= 0.3 is 12.7 Å². The second-order valence-electron chi connectivity index (χ2n) is 4.60. The highest BCUT2D eigenvalue weighted by Crippen LogP contribution is 2.29. The molecule has 0 aliphatic heterocycles. The zero-order valence-electron chi connectivity index (χ0n) is 10.5. The van der Waals surface area contributed by atoms with Gasteiger partial charge in [-0.2, -0.15) is 8.78 Å². The Labute approximate surface area is 113 Å². The molecule has 0 spiro atoms. The van der Waals surface area contributed by atoms with Gasteiger partial charge in [-0.3, -0.25) is 0 Å². The number of amides is 1. The van der Waals surface area contributed by atoms with Gasteiger partial charge in [-0.05, 0) is 20.8 Å². The van der Waals surface area contributed by atoms with E-state index in [2.05, 4.69) is 15.0 Å². The fourth-order valence-corrected chi connectivity index (χ4v) is 1.23. The van der Waals surface area contributed by atoms with Crippen molar-refractivity contribution in [2.45, 2.75) is 32.9 Å². The third-order valence-electron chi connectivity index (χ3n) is 1.67. The predicted octanol–water partition coefficient (Wildman–Crippen LogP) is 3.22. The van der Waals surface area contributed by atoms with Gasteiger partial charge in [-0.15, -0.1) is 0 Å². The Bertz CT molecular complexity index is 464. The molecule has 19 heavy (non-hydrogen) atoms. The van der Waals surface area contributed by atoms with E-state index < -0.39 is 24.1 Å². The van der Waals surface area contributed by atoms with Crippen LogP contribution in [0.4, 0.5) is 13.6 Å². The van der Waals surface area contributed by atoms with Gasteiger partial charge in [0.2, 0.25) is 0 Å². The Morgan fingerprint density at radius 1 is 1.47 bits per heavy atom. The van der Waals surface area contributed by atoms with Gasteiger partial charge < -0.3 is 14.8 Å². The first kappa shape index (κ1) is 15.4. The lowest BCUT2D eigenvalue weighted by Gasteiger charge is -2.20. The second-order valence-corrected chi connectivity index (χ2v) is 5.04. The fraction of sp³-hybridized carbons (Fsp3) is 0.455. The van der Waals surface area contributed by atoms with Gasteiger partial charge in [0.15, 0.2) is 5.75 Å². The molecule has 0 aromatic carbocycles. The highest BCUT2D eigenvalue weighted by Gasteiger charge is 2.19. The number of aromatic nitrogens is 1. The molecular weight excluding hydrogens is 282 g/mol. The maximum Gasteiger partial charge on any atom is 0.413 e. The van der Waals surface area contributed by atoms with Gasteiger partial charge in [0, 0.05) is 17.8 Å². The molecule has 1 rings (SSSR count). The Hall–Kier alpha value is -1.63. The minimum absolute atomic E-state index is 0.125. The molecule has 8 heteroatoms. The lowest BCUT2D eigenvalue weighted by molar-refractivity contribution is -0.0541. The largest absolute Gasteiger partial charge is 0.413 e. The van der Waals surface area contributed by atoms with Crippen LogP contribution in [0.25, 0.3) is 0 Å². The van der Waals surface area contributed by atoms with Crippen LogP contribution >= 0.6 is 11.6 Å². The van der Waals surface area contributed by atoms with E-state index in [4.69, 9.17) is 16.3 Å². The van der Waals surface area contributed by atoms with E-state index in [1.807, 2.05) is 0 Å². The lowest BCUT2D eigenvalue weighted by atomic mass is 10.1. The molecule has 0 saturated heterocycles. The average Bonchev–Trinajstić information content (AvgIpc) is 2.18. The maximum absolute atomic E-state index is 12.2. The zero-order valence-corrected chi connectivity index (χ0v) is 11.3. The molecule has 0 atom stereocenters. The van der Waals surface area contributed by atoms with E-state index >= 15 is 0 Å². The number of nitrogens with one attached hydrogen (secondary N) is 1. The van der Waals surface area contributed by atoms with Crippen molar-refractivity contribution in [3.8, 4) is 11.6 Å². The van der Waals surface area contributed by atoms with E-state index in [1.165, 1.54) is 0 Å².